The van der Waals surface area contributed by atoms with E-state index in [-0.39, 0.29) is 5.75 Å². The molecular weight excluding hydrogens is 224 g/mol. The Labute approximate surface area is 108 Å². The molecule has 1 unspecified atom stereocenters. The van der Waals surface area contributed by atoms with Crippen LogP contribution in [0.5, 0.6) is 5.75 Å². The third-order valence-electron chi connectivity index (χ3n) is 3.10. The summed E-state index contributed by atoms with van der Waals surface area (Å²) < 4.78 is 0. The number of aromatic hydroxyl groups is 1. The summed E-state index contributed by atoms with van der Waals surface area (Å²) in [5.74, 6) is 0.229. The maximum Gasteiger partial charge on any atom is 0.115 e. The normalized spacial score (nSPS) is 14.2. The lowest BCUT2D eigenvalue weighted by Gasteiger charge is -2.24. The first-order chi connectivity index (χ1) is 8.47. The summed E-state index contributed by atoms with van der Waals surface area (Å²) in [7, 11) is 0. The maximum absolute atomic E-state index is 10.6. The lowest BCUT2D eigenvalue weighted by Crippen LogP contribution is -2.24. The second kappa shape index (κ2) is 4.83. The molecule has 2 heteroatoms. The number of phenolic OH excluding ortho intramolecular Hbond substituents is 1. The molecule has 0 saturated heterocycles. The van der Waals surface area contributed by atoms with E-state index in [0.29, 0.717) is 6.42 Å². The van der Waals surface area contributed by atoms with Crippen LogP contribution in [0.3, 0.4) is 0 Å². The van der Waals surface area contributed by atoms with E-state index < -0.39 is 5.60 Å². The van der Waals surface area contributed by atoms with E-state index >= 15 is 0 Å². The minimum Gasteiger partial charge on any atom is -0.508 e. The number of hydrogen-bond acceptors (Lipinski definition) is 2. The number of phenols is 1. The van der Waals surface area contributed by atoms with Crippen molar-refractivity contribution in [3.63, 3.8) is 0 Å². The predicted molar refractivity (Wildman–Crippen MR) is 72.6 cm³/mol. The Bertz CT molecular complexity index is 544. The van der Waals surface area contributed by atoms with Crippen LogP contribution in [0.4, 0.5) is 0 Å². The molecular formula is C16H18O2. The summed E-state index contributed by atoms with van der Waals surface area (Å²) in [6.45, 7) is 3.81. The van der Waals surface area contributed by atoms with Gasteiger partial charge in [0, 0.05) is 6.42 Å². The fraction of sp³-hybridized carbons (Fsp3) is 0.250. The first kappa shape index (κ1) is 12.7. The van der Waals surface area contributed by atoms with Crippen molar-refractivity contribution in [1.29, 1.82) is 0 Å². The number of rotatable bonds is 3. The molecule has 0 radical (unpaired) electrons. The first-order valence-electron chi connectivity index (χ1n) is 6.05. The molecule has 18 heavy (non-hydrogen) atoms. The molecule has 2 nitrogen and oxygen atoms in total. The van der Waals surface area contributed by atoms with Gasteiger partial charge in [-0.05, 0) is 37.1 Å². The van der Waals surface area contributed by atoms with Crippen molar-refractivity contribution in [2.24, 2.45) is 0 Å². The van der Waals surface area contributed by atoms with Crippen LogP contribution in [0.1, 0.15) is 23.6 Å². The zero-order valence-corrected chi connectivity index (χ0v) is 10.7. The van der Waals surface area contributed by atoms with Gasteiger partial charge in [-0.1, -0.05) is 42.0 Å². The van der Waals surface area contributed by atoms with Crippen LogP contribution >= 0.6 is 0 Å². The molecule has 0 fully saturated rings. The molecule has 2 aromatic rings. The van der Waals surface area contributed by atoms with Gasteiger partial charge in [0.2, 0.25) is 0 Å². The maximum atomic E-state index is 10.6. The van der Waals surface area contributed by atoms with Crippen LogP contribution in [-0.4, -0.2) is 10.2 Å². The van der Waals surface area contributed by atoms with Gasteiger partial charge in [-0.15, -0.1) is 0 Å². The monoisotopic (exact) mass is 242 g/mol. The fourth-order valence-corrected chi connectivity index (χ4v) is 2.15. The van der Waals surface area contributed by atoms with Crippen molar-refractivity contribution in [1.82, 2.24) is 0 Å². The van der Waals surface area contributed by atoms with Gasteiger partial charge in [0.25, 0.3) is 0 Å². The van der Waals surface area contributed by atoms with E-state index in [1.54, 1.807) is 25.1 Å². The second-order valence-electron chi connectivity index (χ2n) is 4.99. The Kier molecular flexibility index (Phi) is 3.39. The molecule has 0 aliphatic rings. The van der Waals surface area contributed by atoms with E-state index in [4.69, 9.17) is 0 Å². The van der Waals surface area contributed by atoms with Crippen LogP contribution in [-0.2, 0) is 12.0 Å². The summed E-state index contributed by atoms with van der Waals surface area (Å²) in [5.41, 5.74) is 2.01. The standard InChI is InChI=1S/C16H18O2/c1-12-5-3-7-14(9-12)16(2,18)11-13-6-4-8-15(17)10-13/h3-10,17-18H,11H2,1-2H3. The van der Waals surface area contributed by atoms with Gasteiger partial charge in [0.1, 0.15) is 5.75 Å². The van der Waals surface area contributed by atoms with Crippen molar-refractivity contribution in [2.45, 2.75) is 25.9 Å². The highest BCUT2D eigenvalue weighted by Crippen LogP contribution is 2.27. The summed E-state index contributed by atoms with van der Waals surface area (Å²) in [4.78, 5) is 0. The van der Waals surface area contributed by atoms with Gasteiger partial charge >= 0.3 is 0 Å². The first-order valence-corrected chi connectivity index (χ1v) is 6.05. The quantitative estimate of drug-likeness (QED) is 0.868. The lowest BCUT2D eigenvalue weighted by molar-refractivity contribution is 0.0575. The van der Waals surface area contributed by atoms with Crippen LogP contribution in [0, 0.1) is 6.92 Å². The largest absolute Gasteiger partial charge is 0.508 e. The third kappa shape index (κ3) is 2.90. The van der Waals surface area contributed by atoms with E-state index in [2.05, 4.69) is 0 Å². The minimum absolute atomic E-state index is 0.229. The van der Waals surface area contributed by atoms with Crippen LogP contribution in [0.15, 0.2) is 48.5 Å². The molecule has 0 spiro atoms. The molecule has 1 atom stereocenters. The predicted octanol–water partition coefficient (Wildman–Crippen LogP) is 3.15. The molecule has 0 saturated carbocycles. The smallest absolute Gasteiger partial charge is 0.115 e. The van der Waals surface area contributed by atoms with E-state index in [1.165, 1.54) is 0 Å². The van der Waals surface area contributed by atoms with E-state index in [1.807, 2.05) is 37.3 Å². The molecule has 0 heterocycles. The Morgan fingerprint density at radius 2 is 1.78 bits per heavy atom. The summed E-state index contributed by atoms with van der Waals surface area (Å²) in [6.07, 6.45) is 0.477. The van der Waals surface area contributed by atoms with Gasteiger partial charge in [-0.25, -0.2) is 0 Å². The minimum atomic E-state index is -0.931. The Morgan fingerprint density at radius 3 is 2.44 bits per heavy atom. The molecule has 0 bridgehead atoms. The van der Waals surface area contributed by atoms with Crippen molar-refractivity contribution in [2.75, 3.05) is 0 Å². The molecule has 94 valence electrons. The van der Waals surface area contributed by atoms with Crippen LogP contribution in [0.25, 0.3) is 0 Å². The molecule has 0 aliphatic carbocycles. The van der Waals surface area contributed by atoms with Gasteiger partial charge < -0.3 is 10.2 Å². The zero-order chi connectivity index (χ0) is 13.2. The highest BCUT2D eigenvalue weighted by Gasteiger charge is 2.23. The van der Waals surface area contributed by atoms with Crippen LogP contribution < -0.4 is 0 Å². The van der Waals surface area contributed by atoms with Gasteiger partial charge in [-0.2, -0.15) is 0 Å². The molecule has 0 aromatic heterocycles. The van der Waals surface area contributed by atoms with Gasteiger partial charge in [0.05, 0.1) is 5.60 Å². The van der Waals surface area contributed by atoms with Crippen LogP contribution in [0.2, 0.25) is 0 Å². The summed E-state index contributed by atoms with van der Waals surface area (Å²) in [5, 5.41) is 20.0. The average molecular weight is 242 g/mol. The van der Waals surface area contributed by atoms with Crippen molar-refractivity contribution in [3.05, 3.63) is 65.2 Å². The number of aliphatic hydroxyl groups is 1. The summed E-state index contributed by atoms with van der Waals surface area (Å²) in [6, 6.07) is 14.9. The Balaban J connectivity index is 2.26. The Hall–Kier alpha value is -1.80. The van der Waals surface area contributed by atoms with Crippen molar-refractivity contribution in [3.8, 4) is 5.75 Å². The van der Waals surface area contributed by atoms with Gasteiger partial charge in [0.15, 0.2) is 0 Å². The van der Waals surface area contributed by atoms with E-state index in [0.717, 1.165) is 16.7 Å². The molecule has 0 aliphatic heterocycles. The number of hydrogen-bond donors (Lipinski definition) is 2. The third-order valence-corrected chi connectivity index (χ3v) is 3.10. The van der Waals surface area contributed by atoms with E-state index in [9.17, 15) is 10.2 Å². The lowest BCUT2D eigenvalue weighted by atomic mass is 9.88. The SMILES string of the molecule is Cc1cccc(C(C)(O)Cc2cccc(O)c2)c1. The van der Waals surface area contributed by atoms with Gasteiger partial charge in [-0.3, -0.25) is 0 Å². The zero-order valence-electron chi connectivity index (χ0n) is 10.7. The summed E-state index contributed by atoms with van der Waals surface area (Å²) >= 11 is 0. The molecule has 2 rings (SSSR count). The highest BCUT2D eigenvalue weighted by molar-refractivity contribution is 5.32. The molecule has 0 amide bonds. The molecule has 2 aromatic carbocycles. The highest BCUT2D eigenvalue weighted by atomic mass is 16.3. The Morgan fingerprint density at radius 1 is 1.06 bits per heavy atom. The number of benzene rings is 2. The van der Waals surface area contributed by atoms with Crippen molar-refractivity contribution < 1.29 is 10.2 Å². The van der Waals surface area contributed by atoms with Crippen molar-refractivity contribution >= 4 is 0 Å². The fourth-order valence-electron chi connectivity index (χ4n) is 2.15. The second-order valence-corrected chi connectivity index (χ2v) is 4.99. The topological polar surface area (TPSA) is 40.5 Å². The average Bonchev–Trinajstić information content (AvgIpc) is 2.28. The number of aryl methyl sites for hydroxylation is 1. The molecule has 2 N–H and O–H groups in total.